The number of rotatable bonds is 1. The van der Waals surface area contributed by atoms with Gasteiger partial charge in [-0.05, 0) is 17.7 Å². The van der Waals surface area contributed by atoms with Gasteiger partial charge in [0.1, 0.15) is 5.52 Å². The average Bonchev–Trinajstić information content (AvgIpc) is 2.43. The molecule has 1 aromatic carbocycles. The molecule has 0 aliphatic rings. The van der Waals surface area contributed by atoms with Crippen LogP contribution in [0, 0.1) is 6.92 Å². The lowest BCUT2D eigenvalue weighted by atomic mass is 10.2. The summed E-state index contributed by atoms with van der Waals surface area (Å²) >= 11 is 3.39. The van der Waals surface area contributed by atoms with Crippen molar-refractivity contribution in [2.45, 2.75) is 12.3 Å². The number of hydrogen-bond acceptors (Lipinski definition) is 2. The fourth-order valence-electron chi connectivity index (χ4n) is 1.17. The Morgan fingerprint density at radius 1 is 1.50 bits per heavy atom. The van der Waals surface area contributed by atoms with E-state index in [-0.39, 0.29) is 0 Å². The predicted octanol–water partition coefficient (Wildman–Crippen LogP) is 3.03. The molecule has 0 spiro atoms. The Morgan fingerprint density at radius 3 is 3.08 bits per heavy atom. The number of alkyl halides is 1. The molecule has 2 aromatic rings. The highest BCUT2D eigenvalue weighted by molar-refractivity contribution is 9.08. The minimum absolute atomic E-state index is 0.719. The number of hydrogen-bond donors (Lipinski definition) is 0. The van der Waals surface area contributed by atoms with Crippen molar-refractivity contribution in [1.82, 2.24) is 4.98 Å². The molecule has 0 saturated carbocycles. The maximum atomic E-state index is 5.34. The van der Waals surface area contributed by atoms with Gasteiger partial charge in [0, 0.05) is 12.3 Å². The van der Waals surface area contributed by atoms with Crippen molar-refractivity contribution in [3.8, 4) is 0 Å². The van der Waals surface area contributed by atoms with E-state index in [9.17, 15) is 0 Å². The van der Waals surface area contributed by atoms with Gasteiger partial charge in [-0.3, -0.25) is 0 Å². The first-order chi connectivity index (χ1) is 5.79. The van der Waals surface area contributed by atoms with Gasteiger partial charge >= 0.3 is 0 Å². The van der Waals surface area contributed by atoms with E-state index in [2.05, 4.69) is 20.9 Å². The first-order valence-corrected chi connectivity index (χ1v) is 4.84. The molecular formula is C9H8BrNO. The maximum absolute atomic E-state index is 5.34. The summed E-state index contributed by atoms with van der Waals surface area (Å²) in [5.74, 6) is 0.719. The summed E-state index contributed by atoms with van der Waals surface area (Å²) in [6, 6.07) is 6.01. The van der Waals surface area contributed by atoms with Gasteiger partial charge in [0.2, 0.25) is 0 Å². The zero-order chi connectivity index (χ0) is 8.55. The van der Waals surface area contributed by atoms with E-state index >= 15 is 0 Å². The van der Waals surface area contributed by atoms with Crippen molar-refractivity contribution in [1.29, 1.82) is 0 Å². The van der Waals surface area contributed by atoms with E-state index in [0.29, 0.717) is 0 Å². The molecule has 2 rings (SSSR count). The molecule has 0 fully saturated rings. The third-order valence-corrected chi connectivity index (χ3v) is 2.36. The van der Waals surface area contributed by atoms with E-state index in [1.807, 2.05) is 25.1 Å². The van der Waals surface area contributed by atoms with Crippen molar-refractivity contribution in [3.05, 3.63) is 29.7 Å². The zero-order valence-electron chi connectivity index (χ0n) is 6.67. The Bertz CT molecular complexity index is 408. The molecule has 0 unspecified atom stereocenters. The molecule has 0 N–H and O–H groups in total. The Balaban J connectivity index is 2.66. The molecule has 0 atom stereocenters. The number of benzene rings is 1. The van der Waals surface area contributed by atoms with Crippen LogP contribution in [0.15, 0.2) is 22.6 Å². The van der Waals surface area contributed by atoms with Crippen LogP contribution in [-0.4, -0.2) is 4.98 Å². The van der Waals surface area contributed by atoms with Crippen molar-refractivity contribution in [3.63, 3.8) is 0 Å². The molecule has 0 saturated heterocycles. The second kappa shape index (κ2) is 2.90. The number of halogens is 1. The summed E-state index contributed by atoms with van der Waals surface area (Å²) < 4.78 is 5.34. The molecule has 0 aliphatic carbocycles. The molecule has 3 heteroatoms. The summed E-state index contributed by atoms with van der Waals surface area (Å²) in [7, 11) is 0. The second-order valence-corrected chi connectivity index (χ2v) is 3.23. The monoisotopic (exact) mass is 225 g/mol. The Kier molecular flexibility index (Phi) is 1.89. The van der Waals surface area contributed by atoms with Crippen LogP contribution in [0.5, 0.6) is 0 Å². The van der Waals surface area contributed by atoms with Gasteiger partial charge in [-0.1, -0.05) is 22.0 Å². The van der Waals surface area contributed by atoms with Crippen molar-refractivity contribution in [2.75, 3.05) is 0 Å². The van der Waals surface area contributed by atoms with Gasteiger partial charge in [0.15, 0.2) is 11.5 Å². The SMILES string of the molecule is Cc1nc2cc(CBr)ccc2o1. The molecular weight excluding hydrogens is 218 g/mol. The lowest BCUT2D eigenvalue weighted by molar-refractivity contribution is 0.561. The Hall–Kier alpha value is -0.830. The van der Waals surface area contributed by atoms with E-state index in [0.717, 1.165) is 22.3 Å². The number of fused-ring (bicyclic) bond motifs is 1. The second-order valence-electron chi connectivity index (χ2n) is 2.67. The standard InChI is InChI=1S/C9H8BrNO/c1-6-11-8-4-7(5-10)2-3-9(8)12-6/h2-4H,5H2,1H3. The number of oxazole rings is 1. The van der Waals surface area contributed by atoms with Crippen LogP contribution in [-0.2, 0) is 5.33 Å². The largest absolute Gasteiger partial charge is 0.441 e. The molecule has 1 aromatic heterocycles. The van der Waals surface area contributed by atoms with Gasteiger partial charge in [-0.15, -0.1) is 0 Å². The lowest BCUT2D eigenvalue weighted by Crippen LogP contribution is -1.75. The van der Waals surface area contributed by atoms with E-state index < -0.39 is 0 Å². The summed E-state index contributed by atoms with van der Waals surface area (Å²) in [5.41, 5.74) is 3.01. The number of aryl methyl sites for hydroxylation is 1. The van der Waals surface area contributed by atoms with Crippen molar-refractivity contribution in [2.24, 2.45) is 0 Å². The molecule has 62 valence electrons. The normalized spacial score (nSPS) is 10.8. The van der Waals surface area contributed by atoms with Gasteiger partial charge in [0.25, 0.3) is 0 Å². The maximum Gasteiger partial charge on any atom is 0.192 e. The molecule has 0 aliphatic heterocycles. The van der Waals surface area contributed by atoms with E-state index in [1.165, 1.54) is 5.56 Å². The fraction of sp³-hybridized carbons (Fsp3) is 0.222. The van der Waals surface area contributed by atoms with Crippen LogP contribution < -0.4 is 0 Å². The molecule has 0 radical (unpaired) electrons. The molecule has 2 nitrogen and oxygen atoms in total. The van der Waals surface area contributed by atoms with Gasteiger partial charge in [0.05, 0.1) is 0 Å². The van der Waals surface area contributed by atoms with Gasteiger partial charge in [-0.2, -0.15) is 0 Å². The van der Waals surface area contributed by atoms with Crippen molar-refractivity contribution >= 4 is 27.0 Å². The average molecular weight is 226 g/mol. The van der Waals surface area contributed by atoms with Crippen LogP contribution in [0.3, 0.4) is 0 Å². The fourth-order valence-corrected chi connectivity index (χ4v) is 1.52. The predicted molar refractivity (Wildman–Crippen MR) is 51.4 cm³/mol. The summed E-state index contributed by atoms with van der Waals surface area (Å²) in [4.78, 5) is 4.23. The van der Waals surface area contributed by atoms with E-state index in [4.69, 9.17) is 4.42 Å². The third kappa shape index (κ3) is 1.25. The third-order valence-electron chi connectivity index (χ3n) is 1.71. The minimum atomic E-state index is 0.719. The molecule has 0 amide bonds. The van der Waals surface area contributed by atoms with Crippen molar-refractivity contribution < 1.29 is 4.42 Å². The highest BCUT2D eigenvalue weighted by Gasteiger charge is 2.01. The van der Waals surface area contributed by atoms with Crippen LogP contribution in [0.2, 0.25) is 0 Å². The van der Waals surface area contributed by atoms with Gasteiger partial charge < -0.3 is 4.42 Å². The molecule has 0 bridgehead atoms. The molecule has 12 heavy (non-hydrogen) atoms. The summed E-state index contributed by atoms with van der Waals surface area (Å²) in [6.07, 6.45) is 0. The number of aromatic nitrogens is 1. The van der Waals surface area contributed by atoms with E-state index in [1.54, 1.807) is 0 Å². The Morgan fingerprint density at radius 2 is 2.33 bits per heavy atom. The quantitative estimate of drug-likeness (QED) is 0.698. The topological polar surface area (TPSA) is 26.0 Å². The zero-order valence-corrected chi connectivity index (χ0v) is 8.26. The smallest absolute Gasteiger partial charge is 0.192 e. The van der Waals surface area contributed by atoms with Crippen LogP contribution in [0.1, 0.15) is 11.5 Å². The Labute approximate surface area is 78.7 Å². The first-order valence-electron chi connectivity index (χ1n) is 3.71. The summed E-state index contributed by atoms with van der Waals surface area (Å²) in [6.45, 7) is 1.85. The minimum Gasteiger partial charge on any atom is -0.441 e. The van der Waals surface area contributed by atoms with Crippen LogP contribution in [0.25, 0.3) is 11.1 Å². The van der Waals surface area contributed by atoms with Crippen LogP contribution in [0.4, 0.5) is 0 Å². The highest BCUT2D eigenvalue weighted by atomic mass is 79.9. The number of nitrogens with zero attached hydrogens (tertiary/aromatic N) is 1. The van der Waals surface area contributed by atoms with Gasteiger partial charge in [-0.25, -0.2) is 4.98 Å². The van der Waals surface area contributed by atoms with Crippen LogP contribution >= 0.6 is 15.9 Å². The summed E-state index contributed by atoms with van der Waals surface area (Å²) in [5, 5.41) is 0.856. The highest BCUT2D eigenvalue weighted by Crippen LogP contribution is 2.17. The first kappa shape index (κ1) is 7.80. The lowest BCUT2D eigenvalue weighted by Gasteiger charge is -1.91. The molecule has 1 heterocycles.